The fourth-order valence-corrected chi connectivity index (χ4v) is 2.32. The first-order chi connectivity index (χ1) is 11.7. The highest BCUT2D eigenvalue weighted by Crippen LogP contribution is 2.20. The third-order valence-electron chi connectivity index (χ3n) is 3.49. The maximum absolute atomic E-state index is 5.27. The zero-order valence-corrected chi connectivity index (χ0v) is 13.8. The van der Waals surface area contributed by atoms with Crippen molar-refractivity contribution in [3.63, 3.8) is 0 Å². The number of oxazole rings is 1. The van der Waals surface area contributed by atoms with E-state index in [0.717, 1.165) is 29.1 Å². The lowest BCUT2D eigenvalue weighted by atomic mass is 10.1. The molecule has 1 heterocycles. The van der Waals surface area contributed by atoms with Crippen LogP contribution in [-0.4, -0.2) is 30.2 Å². The summed E-state index contributed by atoms with van der Waals surface area (Å²) in [5.41, 5.74) is 7.27. The number of hydrogen-bond acceptors (Lipinski definition) is 5. The lowest BCUT2D eigenvalue weighted by Gasteiger charge is -2.09. The van der Waals surface area contributed by atoms with Crippen LogP contribution in [0, 0.1) is 0 Å². The summed E-state index contributed by atoms with van der Waals surface area (Å²) in [6.07, 6.45) is 4.93. The van der Waals surface area contributed by atoms with Gasteiger partial charge in [-0.25, -0.2) is 4.98 Å². The number of nitrogens with one attached hydrogen (secondary N) is 1. The first-order valence-electron chi connectivity index (χ1n) is 7.72. The molecule has 0 amide bonds. The molecule has 3 rings (SSSR count). The van der Waals surface area contributed by atoms with Crippen molar-refractivity contribution >= 4 is 11.9 Å². The first-order valence-corrected chi connectivity index (χ1v) is 7.72. The van der Waals surface area contributed by atoms with Crippen LogP contribution in [0.3, 0.4) is 0 Å². The fraction of sp³-hybridized carbons (Fsp3) is 0.158. The molecule has 0 unspecified atom stereocenters. The minimum atomic E-state index is 0.753. The van der Waals surface area contributed by atoms with Gasteiger partial charge in [-0.3, -0.25) is 5.43 Å². The Morgan fingerprint density at radius 2 is 1.83 bits per heavy atom. The summed E-state index contributed by atoms with van der Waals surface area (Å²) >= 11 is 0. The van der Waals surface area contributed by atoms with Gasteiger partial charge < -0.3 is 9.32 Å². The number of rotatable bonds is 6. The highest BCUT2D eigenvalue weighted by atomic mass is 16.3. The fourth-order valence-electron chi connectivity index (χ4n) is 2.32. The van der Waals surface area contributed by atoms with Crippen molar-refractivity contribution in [3.05, 3.63) is 72.2 Å². The Bertz CT molecular complexity index is 775. The molecule has 3 aromatic rings. The topological polar surface area (TPSA) is 53.7 Å². The zero-order chi connectivity index (χ0) is 16.8. The molecular formula is C19H20N4O. The van der Waals surface area contributed by atoms with E-state index >= 15 is 0 Å². The second-order valence-corrected chi connectivity index (χ2v) is 5.79. The number of aromatic nitrogens is 1. The molecule has 0 saturated carbocycles. The minimum Gasteiger partial charge on any atom is -0.444 e. The summed E-state index contributed by atoms with van der Waals surface area (Å²) in [6.45, 7) is 0.938. The third kappa shape index (κ3) is 4.30. The van der Waals surface area contributed by atoms with Gasteiger partial charge in [0.15, 0.2) is 12.2 Å². The molecule has 1 aromatic heterocycles. The smallest absolute Gasteiger partial charge is 0.181 e. The van der Waals surface area contributed by atoms with Crippen LogP contribution in [0.25, 0.3) is 11.3 Å². The first kappa shape index (κ1) is 16.0. The zero-order valence-electron chi connectivity index (χ0n) is 13.8. The highest BCUT2D eigenvalue weighted by Gasteiger charge is 2.00. The van der Waals surface area contributed by atoms with Crippen LogP contribution in [-0.2, 0) is 6.54 Å². The van der Waals surface area contributed by atoms with Crippen molar-refractivity contribution in [3.8, 4) is 11.3 Å². The van der Waals surface area contributed by atoms with E-state index in [2.05, 4.69) is 58.8 Å². The highest BCUT2D eigenvalue weighted by molar-refractivity contribution is 5.80. The Balaban J connectivity index is 1.58. The summed E-state index contributed by atoms with van der Waals surface area (Å²) in [6, 6.07) is 16.2. The van der Waals surface area contributed by atoms with Crippen LogP contribution in [0.15, 0.2) is 70.6 Å². The van der Waals surface area contributed by atoms with E-state index < -0.39 is 0 Å². The van der Waals surface area contributed by atoms with Crippen LogP contribution in [0.2, 0.25) is 0 Å². The molecule has 24 heavy (non-hydrogen) atoms. The number of hydrazone groups is 1. The molecule has 0 saturated heterocycles. The molecule has 5 heteroatoms. The quantitative estimate of drug-likeness (QED) is 0.554. The predicted molar refractivity (Wildman–Crippen MR) is 97.0 cm³/mol. The molecule has 0 aliphatic carbocycles. The second kappa shape index (κ2) is 7.57. The van der Waals surface area contributed by atoms with Crippen molar-refractivity contribution in [1.82, 2.24) is 9.88 Å². The van der Waals surface area contributed by atoms with E-state index in [1.807, 2.05) is 30.5 Å². The van der Waals surface area contributed by atoms with E-state index in [1.54, 1.807) is 6.20 Å². The standard InChI is InChI=1S/C19H20N4O/c1-23(2)13-16-5-3-15(4-6-16)11-21-22-18-9-7-17(8-10-18)19-12-20-14-24-19/h3-12,14,22H,13H2,1-2H3/b21-11+. The summed E-state index contributed by atoms with van der Waals surface area (Å²) in [4.78, 5) is 6.06. The molecule has 0 spiro atoms. The van der Waals surface area contributed by atoms with Crippen molar-refractivity contribution < 1.29 is 4.42 Å². The number of benzene rings is 2. The lowest BCUT2D eigenvalue weighted by molar-refractivity contribution is 0.402. The van der Waals surface area contributed by atoms with Crippen molar-refractivity contribution in [1.29, 1.82) is 0 Å². The number of nitrogens with zero attached hydrogens (tertiary/aromatic N) is 3. The Hall–Kier alpha value is -2.92. The largest absolute Gasteiger partial charge is 0.444 e. The van der Waals surface area contributed by atoms with Gasteiger partial charge in [-0.05, 0) is 49.5 Å². The van der Waals surface area contributed by atoms with Crippen LogP contribution >= 0.6 is 0 Å². The van der Waals surface area contributed by atoms with Gasteiger partial charge >= 0.3 is 0 Å². The molecule has 2 aromatic carbocycles. The molecule has 1 N–H and O–H groups in total. The van der Waals surface area contributed by atoms with Crippen molar-refractivity contribution in [2.24, 2.45) is 5.10 Å². The second-order valence-electron chi connectivity index (χ2n) is 5.79. The van der Waals surface area contributed by atoms with E-state index in [1.165, 1.54) is 12.0 Å². The predicted octanol–water partition coefficient (Wildman–Crippen LogP) is 3.85. The molecule has 0 atom stereocenters. The molecule has 0 aliphatic rings. The summed E-state index contributed by atoms with van der Waals surface area (Å²) in [5.74, 6) is 0.753. The Labute approximate surface area is 141 Å². The maximum Gasteiger partial charge on any atom is 0.181 e. The van der Waals surface area contributed by atoms with E-state index in [4.69, 9.17) is 4.42 Å². The van der Waals surface area contributed by atoms with Gasteiger partial charge in [-0.2, -0.15) is 5.10 Å². The Morgan fingerprint density at radius 3 is 2.46 bits per heavy atom. The van der Waals surface area contributed by atoms with Gasteiger partial charge in [0.2, 0.25) is 0 Å². The van der Waals surface area contributed by atoms with E-state index in [-0.39, 0.29) is 0 Å². The van der Waals surface area contributed by atoms with Gasteiger partial charge in [0.1, 0.15) is 0 Å². The molecule has 122 valence electrons. The van der Waals surface area contributed by atoms with E-state index in [0.29, 0.717) is 0 Å². The van der Waals surface area contributed by atoms with Crippen LogP contribution in [0.4, 0.5) is 5.69 Å². The molecular weight excluding hydrogens is 300 g/mol. The Morgan fingerprint density at radius 1 is 1.08 bits per heavy atom. The normalized spacial score (nSPS) is 11.3. The minimum absolute atomic E-state index is 0.753. The summed E-state index contributed by atoms with van der Waals surface area (Å²) in [5, 5.41) is 4.27. The average Bonchev–Trinajstić information content (AvgIpc) is 3.11. The lowest BCUT2D eigenvalue weighted by Crippen LogP contribution is -2.10. The van der Waals surface area contributed by atoms with Crippen LogP contribution < -0.4 is 5.43 Å². The number of anilines is 1. The monoisotopic (exact) mass is 320 g/mol. The molecule has 5 nitrogen and oxygen atoms in total. The molecule has 0 aliphatic heterocycles. The van der Waals surface area contributed by atoms with Gasteiger partial charge in [-0.15, -0.1) is 0 Å². The van der Waals surface area contributed by atoms with Gasteiger partial charge in [0.05, 0.1) is 18.1 Å². The molecule has 0 bridgehead atoms. The molecule has 0 fully saturated rings. The van der Waals surface area contributed by atoms with Gasteiger partial charge in [0, 0.05) is 12.1 Å². The Kier molecular flexibility index (Phi) is 5.03. The third-order valence-corrected chi connectivity index (χ3v) is 3.49. The maximum atomic E-state index is 5.27. The van der Waals surface area contributed by atoms with Crippen molar-refractivity contribution in [2.75, 3.05) is 19.5 Å². The van der Waals surface area contributed by atoms with E-state index in [9.17, 15) is 0 Å². The van der Waals surface area contributed by atoms with Crippen molar-refractivity contribution in [2.45, 2.75) is 6.54 Å². The molecule has 0 radical (unpaired) electrons. The average molecular weight is 320 g/mol. The van der Waals surface area contributed by atoms with Crippen LogP contribution in [0.1, 0.15) is 11.1 Å². The van der Waals surface area contributed by atoms with Crippen LogP contribution in [0.5, 0.6) is 0 Å². The van der Waals surface area contributed by atoms with Gasteiger partial charge in [-0.1, -0.05) is 24.3 Å². The van der Waals surface area contributed by atoms with Gasteiger partial charge in [0.25, 0.3) is 0 Å². The summed E-state index contributed by atoms with van der Waals surface area (Å²) < 4.78 is 5.27. The summed E-state index contributed by atoms with van der Waals surface area (Å²) in [7, 11) is 4.12. The SMILES string of the molecule is CN(C)Cc1ccc(/C=N/Nc2ccc(-c3cnco3)cc2)cc1. The number of hydrogen-bond donors (Lipinski definition) is 1.